The molecule has 4 aromatic carbocycles. The fraction of sp³-hybridized carbons (Fsp3) is 0.167. The third kappa shape index (κ3) is 13.6. The van der Waals surface area contributed by atoms with Crippen LogP contribution in [-0.2, 0) is 14.3 Å². The number of hydrogen-bond donors (Lipinski definition) is 0. The summed E-state index contributed by atoms with van der Waals surface area (Å²) in [5.74, 6) is 14.4. The molecule has 0 N–H and O–H groups in total. The number of thioether (sulfide) groups is 2. The largest absolute Gasteiger partial charge is 0.494 e. The van der Waals surface area contributed by atoms with Crippen LogP contribution in [0.15, 0.2) is 127 Å². The minimum atomic E-state index is -0.410. The average Bonchev–Trinajstić information content (AvgIpc) is 3.15. The van der Waals surface area contributed by atoms with E-state index in [1.165, 1.54) is 17.8 Å². The van der Waals surface area contributed by atoms with E-state index >= 15 is 0 Å². The van der Waals surface area contributed by atoms with Crippen molar-refractivity contribution >= 4 is 39.7 Å². The molecule has 252 valence electrons. The molecule has 0 saturated carbocycles. The molecule has 4 rings (SSSR count). The molecular weight excluding hydrogens is 665 g/mol. The topological polar surface area (TPSA) is 78.9 Å². The summed E-state index contributed by atoms with van der Waals surface area (Å²) in [4.78, 5) is 35.9. The van der Waals surface area contributed by atoms with Crippen LogP contribution in [0.4, 0.5) is 0 Å². The van der Waals surface area contributed by atoms with Crippen molar-refractivity contribution in [1.82, 2.24) is 0 Å². The molecule has 0 unspecified atom stereocenters. The summed E-state index contributed by atoms with van der Waals surface area (Å²) in [6.45, 7) is 8.22. The van der Waals surface area contributed by atoms with E-state index in [1.807, 2.05) is 84.9 Å². The number of ether oxygens (including phenoxy) is 3. The molecule has 0 spiro atoms. The number of carbonyl (C=O) groups is 3. The van der Waals surface area contributed by atoms with Gasteiger partial charge in [-0.15, -0.1) is 0 Å². The highest BCUT2D eigenvalue weighted by atomic mass is 32.2. The van der Waals surface area contributed by atoms with Gasteiger partial charge in [-0.05, 0) is 134 Å². The minimum absolute atomic E-state index is 0.0351. The van der Waals surface area contributed by atoms with Gasteiger partial charge in [-0.25, -0.2) is 4.79 Å². The number of esters is 1. The normalized spacial score (nSPS) is 10.0. The molecule has 0 heterocycles. The monoisotopic (exact) mass is 700 g/mol. The van der Waals surface area contributed by atoms with Crippen LogP contribution in [0, 0.1) is 23.7 Å². The Hall–Kier alpha value is -5.41. The number of unbranched alkanes of at least 4 members (excludes halogenated alkanes) is 1. The molecule has 50 heavy (non-hydrogen) atoms. The second-order valence-corrected chi connectivity index (χ2v) is 12.7. The first-order valence-corrected chi connectivity index (χ1v) is 17.7. The molecule has 0 aliphatic heterocycles. The molecule has 0 atom stereocenters. The molecule has 0 aromatic heterocycles. The van der Waals surface area contributed by atoms with Crippen LogP contribution in [0.2, 0.25) is 0 Å². The highest BCUT2D eigenvalue weighted by molar-refractivity contribution is 8.14. The van der Waals surface area contributed by atoms with Crippen LogP contribution in [0.5, 0.6) is 11.5 Å². The van der Waals surface area contributed by atoms with Crippen molar-refractivity contribution in [2.75, 3.05) is 25.6 Å². The Balaban J connectivity index is 1.19. The molecule has 0 saturated heterocycles. The summed E-state index contributed by atoms with van der Waals surface area (Å²) >= 11 is 2.38. The summed E-state index contributed by atoms with van der Waals surface area (Å²) in [5.41, 5.74) is 4.02. The van der Waals surface area contributed by atoms with Crippen molar-refractivity contribution in [3.05, 3.63) is 150 Å². The zero-order chi connectivity index (χ0) is 35.4. The molecule has 0 amide bonds. The number of benzene rings is 4. The van der Waals surface area contributed by atoms with Gasteiger partial charge in [0.05, 0.1) is 19.8 Å². The Kier molecular flexibility index (Phi) is 15.6. The summed E-state index contributed by atoms with van der Waals surface area (Å²) in [6.07, 6.45) is 4.72. The lowest BCUT2D eigenvalue weighted by atomic mass is 10.1. The Morgan fingerprint density at radius 2 is 1.04 bits per heavy atom. The van der Waals surface area contributed by atoms with Crippen molar-refractivity contribution in [3.63, 3.8) is 0 Å². The van der Waals surface area contributed by atoms with Crippen LogP contribution in [0.25, 0.3) is 0 Å². The highest BCUT2D eigenvalue weighted by Crippen LogP contribution is 2.25. The van der Waals surface area contributed by atoms with Gasteiger partial charge in [0, 0.05) is 44.5 Å². The smallest absolute Gasteiger partial charge is 0.330 e. The van der Waals surface area contributed by atoms with Gasteiger partial charge in [-0.1, -0.05) is 48.6 Å². The maximum absolute atomic E-state index is 12.8. The van der Waals surface area contributed by atoms with Gasteiger partial charge < -0.3 is 14.2 Å². The summed E-state index contributed by atoms with van der Waals surface area (Å²) in [7, 11) is 0. The van der Waals surface area contributed by atoms with Gasteiger partial charge in [0.25, 0.3) is 0 Å². The van der Waals surface area contributed by atoms with Crippen molar-refractivity contribution < 1.29 is 28.6 Å². The minimum Gasteiger partial charge on any atom is -0.494 e. The second-order valence-electron chi connectivity index (χ2n) is 10.5. The lowest BCUT2D eigenvalue weighted by Crippen LogP contribution is -2.04. The number of rotatable bonds is 15. The number of carbonyl (C=O) groups excluding carboxylic acids is 3. The van der Waals surface area contributed by atoms with Gasteiger partial charge in [0.15, 0.2) is 0 Å². The van der Waals surface area contributed by atoms with E-state index in [0.717, 1.165) is 75.7 Å². The first kappa shape index (κ1) is 37.4. The van der Waals surface area contributed by atoms with E-state index in [4.69, 9.17) is 14.2 Å². The van der Waals surface area contributed by atoms with Gasteiger partial charge >= 0.3 is 5.97 Å². The van der Waals surface area contributed by atoms with Crippen molar-refractivity contribution in [3.8, 4) is 35.2 Å². The maximum atomic E-state index is 12.8. The third-order valence-corrected chi connectivity index (χ3v) is 8.66. The maximum Gasteiger partial charge on any atom is 0.330 e. The molecule has 8 heteroatoms. The second kappa shape index (κ2) is 20.8. The highest BCUT2D eigenvalue weighted by Gasteiger charge is 2.08. The van der Waals surface area contributed by atoms with Crippen LogP contribution in [-0.4, -0.2) is 41.8 Å². The SMILES string of the molecule is C=CC(=O)OCCCCOc1ccc(C#Cc2ccc(C#Cc3ccc(C(=O)Sc4ccc(OCCCSC(=O)C=C)cc4)cc3)cc2)cc1. The quantitative estimate of drug-likeness (QED) is 0.0402. The molecule has 0 fully saturated rings. The van der Waals surface area contributed by atoms with Gasteiger partial charge in [-0.2, -0.15) is 0 Å². The Morgan fingerprint density at radius 1 is 0.580 bits per heavy atom. The Morgan fingerprint density at radius 3 is 1.56 bits per heavy atom. The lowest BCUT2D eigenvalue weighted by molar-refractivity contribution is -0.137. The van der Waals surface area contributed by atoms with Gasteiger partial charge in [0.2, 0.25) is 10.2 Å². The summed E-state index contributed by atoms with van der Waals surface area (Å²) in [6, 6.07) is 30.0. The van der Waals surface area contributed by atoms with Gasteiger partial charge in [-0.3, -0.25) is 9.59 Å². The Bertz CT molecular complexity index is 1870. The van der Waals surface area contributed by atoms with Crippen LogP contribution in [0.1, 0.15) is 51.9 Å². The third-order valence-electron chi connectivity index (χ3n) is 6.78. The first-order valence-electron chi connectivity index (χ1n) is 15.9. The summed E-state index contributed by atoms with van der Waals surface area (Å²) < 4.78 is 16.4. The number of hydrogen-bond acceptors (Lipinski definition) is 8. The fourth-order valence-corrected chi connectivity index (χ4v) is 5.45. The first-order chi connectivity index (χ1) is 24.4. The van der Waals surface area contributed by atoms with E-state index in [0.29, 0.717) is 31.1 Å². The van der Waals surface area contributed by atoms with Gasteiger partial charge in [0.1, 0.15) is 11.5 Å². The zero-order valence-corrected chi connectivity index (χ0v) is 29.2. The molecule has 4 aromatic rings. The Labute approximate surface area is 302 Å². The van der Waals surface area contributed by atoms with E-state index in [-0.39, 0.29) is 10.2 Å². The molecule has 6 nitrogen and oxygen atoms in total. The molecule has 0 aliphatic rings. The van der Waals surface area contributed by atoms with Crippen molar-refractivity contribution in [1.29, 1.82) is 0 Å². The lowest BCUT2D eigenvalue weighted by Gasteiger charge is -2.07. The molecular formula is C42H36O6S2. The van der Waals surface area contributed by atoms with Crippen LogP contribution >= 0.6 is 23.5 Å². The predicted octanol–water partition coefficient (Wildman–Crippen LogP) is 8.52. The van der Waals surface area contributed by atoms with Crippen molar-refractivity contribution in [2.24, 2.45) is 0 Å². The zero-order valence-electron chi connectivity index (χ0n) is 27.5. The summed E-state index contributed by atoms with van der Waals surface area (Å²) in [5, 5.41) is -0.0902. The van der Waals surface area contributed by atoms with Crippen LogP contribution < -0.4 is 9.47 Å². The fourth-order valence-electron chi connectivity index (χ4n) is 4.13. The van der Waals surface area contributed by atoms with E-state index in [9.17, 15) is 14.4 Å². The molecule has 0 bridgehead atoms. The van der Waals surface area contributed by atoms with E-state index in [1.54, 1.807) is 12.1 Å². The molecule has 0 aliphatic carbocycles. The average molecular weight is 701 g/mol. The predicted molar refractivity (Wildman–Crippen MR) is 202 cm³/mol. The van der Waals surface area contributed by atoms with Crippen LogP contribution in [0.3, 0.4) is 0 Å². The molecule has 0 radical (unpaired) electrons. The van der Waals surface area contributed by atoms with E-state index in [2.05, 4.69) is 36.8 Å². The van der Waals surface area contributed by atoms with Crippen molar-refractivity contribution in [2.45, 2.75) is 24.2 Å². The van der Waals surface area contributed by atoms with E-state index < -0.39 is 5.97 Å². The standard InChI is InChI=1S/C42H36O6S2/c1-3-40(43)48-29-6-5-28-46-37-22-18-35(19-23-37)15-13-33-10-8-32(9-11-33)12-14-34-16-20-36(21-17-34)42(45)50-39-26-24-38(25-27-39)47-30-7-31-49-41(44)4-2/h3-4,8-11,16-27H,1-2,5-7,28-31H2.